The van der Waals surface area contributed by atoms with Gasteiger partial charge in [0.1, 0.15) is 16.6 Å². The molecule has 0 aliphatic rings. The van der Waals surface area contributed by atoms with E-state index in [2.05, 4.69) is 10.3 Å². The minimum absolute atomic E-state index is 0.308. The zero-order valence-electron chi connectivity index (χ0n) is 10.9. The van der Waals surface area contributed by atoms with Crippen LogP contribution in [0.4, 0.5) is 8.78 Å². The van der Waals surface area contributed by atoms with E-state index in [-0.39, 0.29) is 0 Å². The molecule has 1 atom stereocenters. The van der Waals surface area contributed by atoms with Gasteiger partial charge in [-0.3, -0.25) is 0 Å². The first-order valence-corrected chi connectivity index (χ1v) is 7.10. The van der Waals surface area contributed by atoms with Gasteiger partial charge in [-0.15, -0.1) is 11.3 Å². The fraction of sp³-hybridized carbons (Fsp3) is 0.357. The Balaban J connectivity index is 2.39. The molecule has 19 heavy (non-hydrogen) atoms. The van der Waals surface area contributed by atoms with E-state index in [1.54, 1.807) is 0 Å². The van der Waals surface area contributed by atoms with E-state index in [1.165, 1.54) is 17.4 Å². The third-order valence-corrected chi connectivity index (χ3v) is 3.78. The van der Waals surface area contributed by atoms with Crippen molar-refractivity contribution in [2.75, 3.05) is 6.54 Å². The molecule has 102 valence electrons. The van der Waals surface area contributed by atoms with Crippen LogP contribution >= 0.6 is 11.3 Å². The first-order valence-electron chi connectivity index (χ1n) is 6.22. The Hall–Kier alpha value is -1.33. The molecule has 1 aromatic carbocycles. The Bertz CT molecular complexity index is 554. The van der Waals surface area contributed by atoms with Gasteiger partial charge < -0.3 is 5.32 Å². The molecule has 0 aliphatic heterocycles. The normalized spacial score (nSPS) is 12.6. The van der Waals surface area contributed by atoms with E-state index in [0.717, 1.165) is 35.8 Å². The quantitative estimate of drug-likeness (QED) is 0.901. The number of nitrogens with one attached hydrogen (secondary N) is 1. The molecule has 1 unspecified atom stereocenters. The van der Waals surface area contributed by atoms with Gasteiger partial charge in [-0.25, -0.2) is 13.8 Å². The standard InChI is InChI=1S/C14H16F2N2S/c1-3-6-17-13(14-18-9(2)8-19-14)11-7-10(15)4-5-12(11)16/h4-5,7-8,13,17H,3,6H2,1-2H3. The average Bonchev–Trinajstić information content (AvgIpc) is 2.80. The van der Waals surface area contributed by atoms with Crippen LogP contribution in [0.25, 0.3) is 0 Å². The third kappa shape index (κ3) is 3.36. The molecule has 1 N–H and O–H groups in total. The molecule has 0 radical (unpaired) electrons. The van der Waals surface area contributed by atoms with Gasteiger partial charge in [0.25, 0.3) is 0 Å². The monoisotopic (exact) mass is 282 g/mol. The molecule has 0 saturated carbocycles. The van der Waals surface area contributed by atoms with E-state index in [4.69, 9.17) is 0 Å². The van der Waals surface area contributed by atoms with Crippen LogP contribution in [0.2, 0.25) is 0 Å². The van der Waals surface area contributed by atoms with Crippen LogP contribution in [-0.2, 0) is 0 Å². The number of benzene rings is 1. The van der Waals surface area contributed by atoms with Crippen molar-refractivity contribution in [3.63, 3.8) is 0 Å². The zero-order valence-corrected chi connectivity index (χ0v) is 11.7. The molecular formula is C14H16F2N2S. The lowest BCUT2D eigenvalue weighted by Crippen LogP contribution is -2.24. The van der Waals surface area contributed by atoms with Gasteiger partial charge in [-0.2, -0.15) is 0 Å². The van der Waals surface area contributed by atoms with Gasteiger partial charge in [0.2, 0.25) is 0 Å². The summed E-state index contributed by atoms with van der Waals surface area (Å²) in [6.07, 6.45) is 0.914. The SMILES string of the molecule is CCCNC(c1nc(C)cs1)c1cc(F)ccc1F. The zero-order chi connectivity index (χ0) is 13.8. The molecule has 0 amide bonds. The van der Waals surface area contributed by atoms with Gasteiger partial charge in [0.05, 0.1) is 6.04 Å². The third-order valence-electron chi connectivity index (χ3n) is 2.75. The maximum Gasteiger partial charge on any atom is 0.128 e. The molecule has 1 heterocycles. The Labute approximate surface area is 115 Å². The van der Waals surface area contributed by atoms with Crippen LogP contribution in [-0.4, -0.2) is 11.5 Å². The minimum atomic E-state index is -0.437. The van der Waals surface area contributed by atoms with Crippen LogP contribution in [0.1, 0.15) is 35.7 Å². The van der Waals surface area contributed by atoms with Crippen molar-refractivity contribution in [1.82, 2.24) is 10.3 Å². The molecule has 5 heteroatoms. The fourth-order valence-corrected chi connectivity index (χ4v) is 2.75. The van der Waals surface area contributed by atoms with Gasteiger partial charge >= 0.3 is 0 Å². The summed E-state index contributed by atoms with van der Waals surface area (Å²) in [6.45, 7) is 4.64. The van der Waals surface area contributed by atoms with Crippen LogP contribution in [0.3, 0.4) is 0 Å². The summed E-state index contributed by atoms with van der Waals surface area (Å²) in [7, 11) is 0. The number of thiazole rings is 1. The maximum absolute atomic E-state index is 13.9. The lowest BCUT2D eigenvalue weighted by molar-refractivity contribution is 0.533. The Morgan fingerprint density at radius 3 is 2.79 bits per heavy atom. The molecule has 0 spiro atoms. The second-order valence-electron chi connectivity index (χ2n) is 4.38. The average molecular weight is 282 g/mol. The molecule has 0 aliphatic carbocycles. The van der Waals surface area contributed by atoms with E-state index >= 15 is 0 Å². The molecule has 2 nitrogen and oxygen atoms in total. The van der Waals surface area contributed by atoms with Crippen LogP contribution < -0.4 is 5.32 Å². The van der Waals surface area contributed by atoms with Crippen molar-refractivity contribution >= 4 is 11.3 Å². The fourth-order valence-electron chi connectivity index (χ4n) is 1.86. The number of aromatic nitrogens is 1. The molecule has 0 saturated heterocycles. The van der Waals surface area contributed by atoms with E-state index in [0.29, 0.717) is 5.56 Å². The Morgan fingerprint density at radius 2 is 2.16 bits per heavy atom. The number of hydrogen-bond acceptors (Lipinski definition) is 3. The first-order chi connectivity index (χ1) is 9.11. The molecule has 2 rings (SSSR count). The van der Waals surface area contributed by atoms with Crippen molar-refractivity contribution in [1.29, 1.82) is 0 Å². The summed E-state index contributed by atoms with van der Waals surface area (Å²) in [5.74, 6) is -0.851. The van der Waals surface area contributed by atoms with Gasteiger partial charge in [-0.05, 0) is 38.1 Å². The van der Waals surface area contributed by atoms with E-state index in [1.807, 2.05) is 19.2 Å². The summed E-state index contributed by atoms with van der Waals surface area (Å²) in [4.78, 5) is 4.38. The van der Waals surface area contributed by atoms with Gasteiger partial charge in [0.15, 0.2) is 0 Å². The Kier molecular flexibility index (Phi) is 4.61. The highest BCUT2D eigenvalue weighted by atomic mass is 32.1. The lowest BCUT2D eigenvalue weighted by atomic mass is 10.1. The van der Waals surface area contributed by atoms with Gasteiger partial charge in [0, 0.05) is 16.6 Å². The predicted molar refractivity (Wildman–Crippen MR) is 73.3 cm³/mol. The summed E-state index contributed by atoms with van der Waals surface area (Å²) >= 11 is 1.45. The molecule has 0 bridgehead atoms. The van der Waals surface area contributed by atoms with Crippen molar-refractivity contribution in [3.8, 4) is 0 Å². The van der Waals surface area contributed by atoms with E-state index in [9.17, 15) is 8.78 Å². The molecule has 2 aromatic rings. The largest absolute Gasteiger partial charge is 0.304 e. The van der Waals surface area contributed by atoms with Crippen molar-refractivity contribution < 1.29 is 8.78 Å². The topological polar surface area (TPSA) is 24.9 Å². The summed E-state index contributed by atoms with van der Waals surface area (Å²) in [5, 5.41) is 5.89. The number of hydrogen-bond donors (Lipinski definition) is 1. The Morgan fingerprint density at radius 1 is 1.37 bits per heavy atom. The highest BCUT2D eigenvalue weighted by molar-refractivity contribution is 7.09. The number of nitrogens with zero attached hydrogens (tertiary/aromatic N) is 1. The summed E-state index contributed by atoms with van der Waals surface area (Å²) in [6, 6.07) is 3.13. The highest BCUT2D eigenvalue weighted by Crippen LogP contribution is 2.27. The number of aryl methyl sites for hydroxylation is 1. The smallest absolute Gasteiger partial charge is 0.128 e. The number of rotatable bonds is 5. The second-order valence-corrected chi connectivity index (χ2v) is 5.27. The number of halogens is 2. The summed E-state index contributed by atoms with van der Waals surface area (Å²) in [5.41, 5.74) is 1.20. The first kappa shape index (κ1) is 14.1. The van der Waals surface area contributed by atoms with E-state index < -0.39 is 17.7 Å². The molecular weight excluding hydrogens is 266 g/mol. The second kappa shape index (κ2) is 6.21. The van der Waals surface area contributed by atoms with Crippen molar-refractivity contribution in [2.24, 2.45) is 0 Å². The van der Waals surface area contributed by atoms with Crippen molar-refractivity contribution in [2.45, 2.75) is 26.3 Å². The highest BCUT2D eigenvalue weighted by Gasteiger charge is 2.20. The van der Waals surface area contributed by atoms with Crippen molar-refractivity contribution in [3.05, 3.63) is 51.5 Å². The maximum atomic E-state index is 13.9. The molecule has 0 fully saturated rings. The summed E-state index contributed by atoms with van der Waals surface area (Å²) < 4.78 is 27.2. The van der Waals surface area contributed by atoms with Crippen LogP contribution in [0, 0.1) is 18.6 Å². The lowest BCUT2D eigenvalue weighted by Gasteiger charge is -2.17. The molecule has 1 aromatic heterocycles. The van der Waals surface area contributed by atoms with Gasteiger partial charge in [-0.1, -0.05) is 6.92 Å². The van der Waals surface area contributed by atoms with Crippen LogP contribution in [0.15, 0.2) is 23.6 Å². The predicted octanol–water partition coefficient (Wildman–Crippen LogP) is 3.82. The van der Waals surface area contributed by atoms with Crippen LogP contribution in [0.5, 0.6) is 0 Å². The minimum Gasteiger partial charge on any atom is -0.304 e.